The van der Waals surface area contributed by atoms with Gasteiger partial charge >= 0.3 is 0 Å². The number of ether oxygens (including phenoxy) is 1. The lowest BCUT2D eigenvalue weighted by Gasteiger charge is -2.05. The number of rotatable bonds is 3. The lowest BCUT2D eigenvalue weighted by Crippen LogP contribution is -1.97. The van der Waals surface area contributed by atoms with Crippen molar-refractivity contribution in [1.82, 2.24) is 4.98 Å². The van der Waals surface area contributed by atoms with Crippen LogP contribution in [0.3, 0.4) is 0 Å². The number of benzene rings is 1. The van der Waals surface area contributed by atoms with Crippen LogP contribution in [0.4, 0.5) is 0 Å². The Balaban J connectivity index is 0.00000162. The Labute approximate surface area is 111 Å². The van der Waals surface area contributed by atoms with Crippen molar-refractivity contribution in [2.45, 2.75) is 6.54 Å². The molecule has 92 valence electrons. The van der Waals surface area contributed by atoms with Gasteiger partial charge in [-0.1, -0.05) is 12.1 Å². The van der Waals surface area contributed by atoms with E-state index in [9.17, 15) is 0 Å². The van der Waals surface area contributed by atoms with Gasteiger partial charge in [-0.25, -0.2) is 4.98 Å². The largest absolute Gasteiger partial charge is 0.439 e. The summed E-state index contributed by atoms with van der Waals surface area (Å²) >= 11 is 0. The molecule has 0 spiro atoms. The standard InChI is InChI=1S/C13H11N3O.ClH/c14-7-10-2-1-3-12(6-10)17-13-5-4-11(8-15)9-16-13;/h1-6,9H,8,15H2;1H. The lowest BCUT2D eigenvalue weighted by molar-refractivity contribution is 0.462. The van der Waals surface area contributed by atoms with Gasteiger partial charge in [0.2, 0.25) is 5.88 Å². The van der Waals surface area contributed by atoms with Gasteiger partial charge in [-0.2, -0.15) is 5.26 Å². The van der Waals surface area contributed by atoms with Crippen LogP contribution < -0.4 is 10.5 Å². The molecule has 0 fully saturated rings. The van der Waals surface area contributed by atoms with Crippen LogP contribution >= 0.6 is 12.4 Å². The number of hydrogen-bond acceptors (Lipinski definition) is 4. The molecular weight excluding hydrogens is 250 g/mol. The van der Waals surface area contributed by atoms with Crippen LogP contribution in [0.15, 0.2) is 42.6 Å². The SMILES string of the molecule is Cl.N#Cc1cccc(Oc2ccc(CN)cn2)c1. The zero-order chi connectivity index (χ0) is 12.1. The summed E-state index contributed by atoms with van der Waals surface area (Å²) in [6.07, 6.45) is 1.67. The molecule has 0 atom stereocenters. The number of nitrogens with two attached hydrogens (primary N) is 1. The molecule has 0 saturated heterocycles. The highest BCUT2D eigenvalue weighted by atomic mass is 35.5. The molecule has 1 aromatic carbocycles. The van der Waals surface area contributed by atoms with E-state index in [1.165, 1.54) is 0 Å². The molecule has 1 aromatic heterocycles. The van der Waals surface area contributed by atoms with Crippen LogP contribution in [0.1, 0.15) is 11.1 Å². The molecule has 2 rings (SSSR count). The van der Waals surface area contributed by atoms with Crippen molar-refractivity contribution < 1.29 is 4.74 Å². The van der Waals surface area contributed by atoms with Crippen LogP contribution in [0.2, 0.25) is 0 Å². The summed E-state index contributed by atoms with van der Waals surface area (Å²) in [5.41, 5.74) is 6.98. The molecule has 0 radical (unpaired) electrons. The highest BCUT2D eigenvalue weighted by Gasteiger charge is 2.00. The van der Waals surface area contributed by atoms with E-state index >= 15 is 0 Å². The lowest BCUT2D eigenvalue weighted by atomic mass is 10.2. The minimum atomic E-state index is 0. The van der Waals surface area contributed by atoms with E-state index in [1.54, 1.807) is 36.5 Å². The van der Waals surface area contributed by atoms with Gasteiger partial charge in [0.1, 0.15) is 5.75 Å². The van der Waals surface area contributed by atoms with Crippen LogP contribution in [0, 0.1) is 11.3 Å². The number of nitriles is 1. The molecule has 18 heavy (non-hydrogen) atoms. The maximum atomic E-state index is 8.76. The van der Waals surface area contributed by atoms with Crippen molar-refractivity contribution in [2.75, 3.05) is 0 Å². The average molecular weight is 262 g/mol. The Morgan fingerprint density at radius 1 is 1.28 bits per heavy atom. The van der Waals surface area contributed by atoms with E-state index in [1.807, 2.05) is 6.07 Å². The molecule has 0 bridgehead atoms. The minimum absolute atomic E-state index is 0. The maximum Gasteiger partial charge on any atom is 0.219 e. The fourth-order valence-corrected chi connectivity index (χ4v) is 1.34. The van der Waals surface area contributed by atoms with Crippen molar-refractivity contribution in [3.63, 3.8) is 0 Å². The van der Waals surface area contributed by atoms with Crippen molar-refractivity contribution >= 4 is 12.4 Å². The Morgan fingerprint density at radius 3 is 2.72 bits per heavy atom. The Morgan fingerprint density at radius 2 is 2.11 bits per heavy atom. The van der Waals surface area contributed by atoms with Gasteiger partial charge in [0.15, 0.2) is 0 Å². The molecule has 0 aliphatic rings. The molecule has 0 unspecified atom stereocenters. The summed E-state index contributed by atoms with van der Waals surface area (Å²) in [6.45, 7) is 0.456. The number of nitrogens with zero attached hydrogens (tertiary/aromatic N) is 2. The third-order valence-electron chi connectivity index (χ3n) is 2.22. The van der Waals surface area contributed by atoms with Crippen molar-refractivity contribution in [2.24, 2.45) is 5.73 Å². The second-order valence-electron chi connectivity index (χ2n) is 3.45. The monoisotopic (exact) mass is 261 g/mol. The van der Waals surface area contributed by atoms with E-state index in [2.05, 4.69) is 11.1 Å². The maximum absolute atomic E-state index is 8.76. The Kier molecular flexibility index (Phi) is 5.12. The molecule has 0 aliphatic carbocycles. The first-order valence-electron chi connectivity index (χ1n) is 5.15. The molecule has 5 heteroatoms. The van der Waals surface area contributed by atoms with Crippen LogP contribution in [0.5, 0.6) is 11.6 Å². The second kappa shape index (κ2) is 6.60. The molecular formula is C13H12ClN3O. The molecule has 2 aromatic rings. The summed E-state index contributed by atoms with van der Waals surface area (Å²) in [4.78, 5) is 4.12. The first-order chi connectivity index (χ1) is 8.31. The van der Waals surface area contributed by atoms with E-state index in [0.717, 1.165) is 5.56 Å². The highest BCUT2D eigenvalue weighted by Crippen LogP contribution is 2.20. The van der Waals surface area contributed by atoms with Crippen molar-refractivity contribution in [3.8, 4) is 17.7 Å². The first-order valence-corrected chi connectivity index (χ1v) is 5.15. The second-order valence-corrected chi connectivity index (χ2v) is 3.45. The molecule has 0 saturated carbocycles. The van der Waals surface area contributed by atoms with Crippen LogP contribution in [0.25, 0.3) is 0 Å². The fraction of sp³-hybridized carbons (Fsp3) is 0.0769. The van der Waals surface area contributed by atoms with Gasteiger partial charge in [0.05, 0.1) is 11.6 Å². The quantitative estimate of drug-likeness (QED) is 0.922. The van der Waals surface area contributed by atoms with Crippen LogP contribution in [-0.4, -0.2) is 4.98 Å². The third-order valence-corrected chi connectivity index (χ3v) is 2.22. The summed E-state index contributed by atoms with van der Waals surface area (Å²) in [5, 5.41) is 8.76. The number of pyridine rings is 1. The Bertz CT molecular complexity index is 549. The van der Waals surface area contributed by atoms with Crippen molar-refractivity contribution in [3.05, 3.63) is 53.7 Å². The van der Waals surface area contributed by atoms with Gasteiger partial charge in [0, 0.05) is 18.8 Å². The predicted molar refractivity (Wildman–Crippen MR) is 70.6 cm³/mol. The first kappa shape index (κ1) is 14.0. The smallest absolute Gasteiger partial charge is 0.219 e. The molecule has 1 heterocycles. The highest BCUT2D eigenvalue weighted by molar-refractivity contribution is 5.85. The Hall–Kier alpha value is -2.09. The summed E-state index contributed by atoms with van der Waals surface area (Å²) in [7, 11) is 0. The number of hydrogen-bond donors (Lipinski definition) is 1. The predicted octanol–water partition coefficient (Wildman–Crippen LogP) is 2.63. The van der Waals surface area contributed by atoms with Gasteiger partial charge in [-0.05, 0) is 23.8 Å². The molecule has 0 aliphatic heterocycles. The topological polar surface area (TPSA) is 71.9 Å². The number of halogens is 1. The van der Waals surface area contributed by atoms with Crippen LogP contribution in [-0.2, 0) is 6.54 Å². The number of aromatic nitrogens is 1. The van der Waals surface area contributed by atoms with Gasteiger partial charge < -0.3 is 10.5 Å². The zero-order valence-electron chi connectivity index (χ0n) is 9.54. The van der Waals surface area contributed by atoms with Gasteiger partial charge in [-0.15, -0.1) is 12.4 Å². The minimum Gasteiger partial charge on any atom is -0.439 e. The normalized spacial score (nSPS) is 9.11. The van der Waals surface area contributed by atoms with E-state index in [0.29, 0.717) is 23.7 Å². The molecule has 2 N–H and O–H groups in total. The summed E-state index contributed by atoms with van der Waals surface area (Å²) in [5.74, 6) is 1.08. The molecule has 0 amide bonds. The van der Waals surface area contributed by atoms with Gasteiger partial charge in [0.25, 0.3) is 0 Å². The zero-order valence-corrected chi connectivity index (χ0v) is 10.4. The summed E-state index contributed by atoms with van der Waals surface area (Å²) in [6, 6.07) is 12.6. The van der Waals surface area contributed by atoms with E-state index in [4.69, 9.17) is 15.7 Å². The van der Waals surface area contributed by atoms with E-state index in [-0.39, 0.29) is 12.4 Å². The van der Waals surface area contributed by atoms with E-state index < -0.39 is 0 Å². The fourth-order valence-electron chi connectivity index (χ4n) is 1.34. The van der Waals surface area contributed by atoms with Gasteiger partial charge in [-0.3, -0.25) is 0 Å². The summed E-state index contributed by atoms with van der Waals surface area (Å²) < 4.78 is 5.52. The molecule has 4 nitrogen and oxygen atoms in total. The van der Waals surface area contributed by atoms with Crippen molar-refractivity contribution in [1.29, 1.82) is 5.26 Å². The third kappa shape index (κ3) is 3.45. The average Bonchev–Trinajstić information content (AvgIpc) is 2.40.